The molecule has 0 aliphatic rings. The standard InChI is InChI=1S/C14H15NO6/c1-3-20-9-12(14(17)21-4-2)13(16)10-5-7-11(8-6-10)15(18)19/h5-9H,3-4H2,1-2H3/b12-9+. The molecule has 0 fully saturated rings. The van der Waals surface area contributed by atoms with E-state index in [-0.39, 0.29) is 30.0 Å². The number of carbonyl (C=O) groups excluding carboxylic acids is 2. The van der Waals surface area contributed by atoms with Crippen molar-refractivity contribution in [2.75, 3.05) is 13.2 Å². The summed E-state index contributed by atoms with van der Waals surface area (Å²) in [6, 6.07) is 4.94. The topological polar surface area (TPSA) is 95.7 Å². The van der Waals surface area contributed by atoms with Crippen LogP contribution in [0.15, 0.2) is 36.1 Å². The van der Waals surface area contributed by atoms with Gasteiger partial charge < -0.3 is 9.47 Å². The molecule has 0 saturated carbocycles. The van der Waals surface area contributed by atoms with E-state index in [0.29, 0.717) is 0 Å². The highest BCUT2D eigenvalue weighted by Gasteiger charge is 2.22. The SMILES string of the molecule is CCO/C=C(/C(=O)OCC)C(=O)c1ccc([N+](=O)[O-])cc1. The van der Waals surface area contributed by atoms with E-state index in [0.717, 1.165) is 6.26 Å². The summed E-state index contributed by atoms with van der Waals surface area (Å²) in [5.74, 6) is -1.41. The molecule has 112 valence electrons. The Labute approximate surface area is 121 Å². The number of hydrogen-bond acceptors (Lipinski definition) is 6. The van der Waals surface area contributed by atoms with E-state index in [1.165, 1.54) is 24.3 Å². The van der Waals surface area contributed by atoms with E-state index in [1.54, 1.807) is 13.8 Å². The summed E-state index contributed by atoms with van der Waals surface area (Å²) in [7, 11) is 0. The average Bonchev–Trinajstić information content (AvgIpc) is 2.47. The molecule has 0 aromatic heterocycles. The quantitative estimate of drug-likeness (QED) is 0.112. The Morgan fingerprint density at radius 2 is 1.81 bits per heavy atom. The number of Topliss-reactive ketones (excluding diaryl/α,β-unsaturated/α-hetero) is 1. The minimum absolute atomic E-state index is 0.121. The second-order valence-corrected chi connectivity index (χ2v) is 3.84. The van der Waals surface area contributed by atoms with Crippen LogP contribution in [0.5, 0.6) is 0 Å². The Kier molecular flexibility index (Phi) is 6.06. The number of carbonyl (C=O) groups is 2. The zero-order valence-corrected chi connectivity index (χ0v) is 11.7. The molecule has 0 saturated heterocycles. The first-order valence-corrected chi connectivity index (χ1v) is 6.29. The van der Waals surface area contributed by atoms with Crippen LogP contribution in [0.1, 0.15) is 24.2 Å². The number of rotatable bonds is 7. The Balaban J connectivity index is 3.04. The van der Waals surface area contributed by atoms with Gasteiger partial charge in [0, 0.05) is 17.7 Å². The lowest BCUT2D eigenvalue weighted by atomic mass is 10.0. The number of esters is 1. The summed E-state index contributed by atoms with van der Waals surface area (Å²) in [5, 5.41) is 10.6. The molecule has 1 aromatic carbocycles. The Morgan fingerprint density at radius 3 is 2.29 bits per heavy atom. The van der Waals surface area contributed by atoms with Crippen LogP contribution >= 0.6 is 0 Å². The second kappa shape index (κ2) is 7.78. The Morgan fingerprint density at radius 1 is 1.19 bits per heavy atom. The minimum Gasteiger partial charge on any atom is -0.500 e. The van der Waals surface area contributed by atoms with Crippen LogP contribution in [0.3, 0.4) is 0 Å². The summed E-state index contributed by atoms with van der Waals surface area (Å²) in [5.41, 5.74) is -0.259. The number of ether oxygens (including phenoxy) is 2. The lowest BCUT2D eigenvalue weighted by molar-refractivity contribution is -0.384. The predicted octanol–water partition coefficient (Wildman–Crippen LogP) is 2.26. The summed E-state index contributed by atoms with van der Waals surface area (Å²) in [4.78, 5) is 34.0. The van der Waals surface area contributed by atoms with Gasteiger partial charge in [0.15, 0.2) is 0 Å². The van der Waals surface area contributed by atoms with Crippen LogP contribution < -0.4 is 0 Å². The van der Waals surface area contributed by atoms with Gasteiger partial charge in [-0.25, -0.2) is 4.79 Å². The van der Waals surface area contributed by atoms with Gasteiger partial charge in [-0.3, -0.25) is 14.9 Å². The monoisotopic (exact) mass is 293 g/mol. The van der Waals surface area contributed by atoms with Crippen LogP contribution in [0.25, 0.3) is 0 Å². The maximum Gasteiger partial charge on any atom is 0.345 e. The normalized spacial score (nSPS) is 10.9. The molecule has 0 aliphatic carbocycles. The fraction of sp³-hybridized carbons (Fsp3) is 0.286. The highest BCUT2D eigenvalue weighted by Crippen LogP contribution is 2.16. The number of nitro benzene ring substituents is 1. The van der Waals surface area contributed by atoms with Crippen LogP contribution in [-0.2, 0) is 14.3 Å². The molecule has 1 aromatic rings. The Hall–Kier alpha value is -2.70. The molecule has 21 heavy (non-hydrogen) atoms. The molecule has 0 radical (unpaired) electrons. The number of nitro groups is 1. The van der Waals surface area contributed by atoms with E-state index >= 15 is 0 Å². The molecule has 0 unspecified atom stereocenters. The van der Waals surface area contributed by atoms with Gasteiger partial charge in [-0.1, -0.05) is 0 Å². The average molecular weight is 293 g/mol. The summed E-state index contributed by atoms with van der Waals surface area (Å²) in [6.07, 6.45) is 1.04. The molecule has 0 bridgehead atoms. The number of benzene rings is 1. The van der Waals surface area contributed by atoms with Gasteiger partial charge in [-0.2, -0.15) is 0 Å². The zero-order valence-electron chi connectivity index (χ0n) is 11.7. The van der Waals surface area contributed by atoms with Crippen molar-refractivity contribution >= 4 is 17.4 Å². The zero-order chi connectivity index (χ0) is 15.8. The van der Waals surface area contributed by atoms with Crippen LogP contribution in [0, 0.1) is 10.1 Å². The first-order valence-electron chi connectivity index (χ1n) is 6.29. The van der Waals surface area contributed by atoms with E-state index in [2.05, 4.69) is 0 Å². The van der Waals surface area contributed by atoms with Gasteiger partial charge in [0.05, 0.1) is 18.1 Å². The van der Waals surface area contributed by atoms with Gasteiger partial charge >= 0.3 is 5.97 Å². The highest BCUT2D eigenvalue weighted by molar-refractivity contribution is 6.24. The van der Waals surface area contributed by atoms with Crippen LogP contribution in [-0.4, -0.2) is 29.9 Å². The van der Waals surface area contributed by atoms with Crippen LogP contribution in [0.4, 0.5) is 5.69 Å². The number of hydrogen-bond donors (Lipinski definition) is 0. The highest BCUT2D eigenvalue weighted by atomic mass is 16.6. The number of ketones is 1. The molecule has 0 atom stereocenters. The van der Waals surface area contributed by atoms with Crippen molar-refractivity contribution in [3.05, 3.63) is 51.8 Å². The third kappa shape index (κ3) is 4.41. The van der Waals surface area contributed by atoms with Crippen molar-refractivity contribution in [3.63, 3.8) is 0 Å². The molecule has 0 aliphatic heterocycles. The largest absolute Gasteiger partial charge is 0.500 e. The third-order valence-corrected chi connectivity index (χ3v) is 2.45. The van der Waals surface area contributed by atoms with Gasteiger partial charge in [-0.05, 0) is 26.0 Å². The molecule has 1 rings (SSSR count). The molecular formula is C14H15NO6. The van der Waals surface area contributed by atoms with Crippen molar-refractivity contribution in [1.29, 1.82) is 0 Å². The number of nitrogens with zero attached hydrogens (tertiary/aromatic N) is 1. The molecule has 7 heteroatoms. The maximum atomic E-state index is 12.2. The molecule has 0 spiro atoms. The molecule has 0 amide bonds. The van der Waals surface area contributed by atoms with E-state index in [9.17, 15) is 19.7 Å². The fourth-order valence-corrected chi connectivity index (χ4v) is 1.46. The second-order valence-electron chi connectivity index (χ2n) is 3.84. The van der Waals surface area contributed by atoms with Crippen molar-refractivity contribution in [1.82, 2.24) is 0 Å². The Bertz CT molecular complexity index is 561. The first kappa shape index (κ1) is 16.4. The van der Waals surface area contributed by atoms with Gasteiger partial charge in [0.1, 0.15) is 11.8 Å². The van der Waals surface area contributed by atoms with Gasteiger partial charge in [0.2, 0.25) is 5.78 Å². The van der Waals surface area contributed by atoms with Crippen molar-refractivity contribution in [3.8, 4) is 0 Å². The molecule has 7 nitrogen and oxygen atoms in total. The third-order valence-electron chi connectivity index (χ3n) is 2.45. The summed E-state index contributed by atoms with van der Waals surface area (Å²) >= 11 is 0. The van der Waals surface area contributed by atoms with Crippen molar-refractivity contribution < 1.29 is 24.0 Å². The first-order chi connectivity index (χ1) is 10.0. The van der Waals surface area contributed by atoms with E-state index < -0.39 is 16.7 Å². The fourth-order valence-electron chi connectivity index (χ4n) is 1.46. The predicted molar refractivity (Wildman–Crippen MR) is 73.8 cm³/mol. The van der Waals surface area contributed by atoms with Gasteiger partial charge in [-0.15, -0.1) is 0 Å². The molecule has 0 heterocycles. The number of non-ortho nitro benzene ring substituents is 1. The van der Waals surface area contributed by atoms with E-state index in [1.807, 2.05) is 0 Å². The lowest BCUT2D eigenvalue weighted by Gasteiger charge is -2.06. The summed E-state index contributed by atoms with van der Waals surface area (Å²) < 4.78 is 9.77. The van der Waals surface area contributed by atoms with Crippen molar-refractivity contribution in [2.45, 2.75) is 13.8 Å². The minimum atomic E-state index is -0.797. The maximum absolute atomic E-state index is 12.2. The van der Waals surface area contributed by atoms with Crippen LogP contribution in [0.2, 0.25) is 0 Å². The molecular weight excluding hydrogens is 278 g/mol. The molecule has 0 N–H and O–H groups in total. The lowest BCUT2D eigenvalue weighted by Crippen LogP contribution is -2.16. The van der Waals surface area contributed by atoms with E-state index in [4.69, 9.17) is 9.47 Å². The summed E-state index contributed by atoms with van der Waals surface area (Å²) in [6.45, 7) is 3.73. The van der Waals surface area contributed by atoms with Crippen molar-refractivity contribution in [2.24, 2.45) is 0 Å². The van der Waals surface area contributed by atoms with Gasteiger partial charge in [0.25, 0.3) is 5.69 Å². The smallest absolute Gasteiger partial charge is 0.345 e.